The van der Waals surface area contributed by atoms with Crippen LogP contribution < -0.4 is 4.90 Å². The summed E-state index contributed by atoms with van der Waals surface area (Å²) in [6, 6.07) is 2.89. The van der Waals surface area contributed by atoms with Crippen LogP contribution in [-0.2, 0) is 4.74 Å². The third-order valence-corrected chi connectivity index (χ3v) is 6.60. The second-order valence-corrected chi connectivity index (χ2v) is 8.30. The average Bonchev–Trinajstić information content (AvgIpc) is 3.28. The van der Waals surface area contributed by atoms with E-state index in [9.17, 15) is 0 Å². The Bertz CT molecular complexity index is 683. The lowest BCUT2D eigenvalue weighted by Gasteiger charge is -2.33. The lowest BCUT2D eigenvalue weighted by Crippen LogP contribution is -2.36. The molecule has 2 saturated heterocycles. The number of anilines is 1. The molecule has 4 heterocycles. The third-order valence-electron chi connectivity index (χ3n) is 5.78. The summed E-state index contributed by atoms with van der Waals surface area (Å²) in [5, 5.41) is 3.30. The first-order chi connectivity index (χ1) is 12.3. The molecule has 6 heteroatoms. The Morgan fingerprint density at radius 2 is 2.08 bits per heavy atom. The van der Waals surface area contributed by atoms with Gasteiger partial charge in [-0.15, -0.1) is 11.3 Å². The summed E-state index contributed by atoms with van der Waals surface area (Å²) in [6.07, 6.45) is 7.96. The van der Waals surface area contributed by atoms with Crippen molar-refractivity contribution in [3.63, 3.8) is 0 Å². The van der Waals surface area contributed by atoms with Crippen molar-refractivity contribution < 1.29 is 4.74 Å². The maximum Gasteiger partial charge on any atom is 0.140 e. The van der Waals surface area contributed by atoms with E-state index in [1.54, 1.807) is 17.7 Å². The van der Waals surface area contributed by atoms with Gasteiger partial charge in [0.15, 0.2) is 0 Å². The minimum absolute atomic E-state index is 0.692. The van der Waals surface area contributed by atoms with E-state index in [-0.39, 0.29) is 0 Å². The zero-order valence-electron chi connectivity index (χ0n) is 15.1. The molecule has 0 saturated carbocycles. The van der Waals surface area contributed by atoms with Crippen molar-refractivity contribution in [2.75, 3.05) is 44.8 Å². The Labute approximate surface area is 154 Å². The highest BCUT2D eigenvalue weighted by molar-refractivity contribution is 7.16. The molecule has 0 bridgehead atoms. The van der Waals surface area contributed by atoms with Gasteiger partial charge in [0, 0.05) is 32.3 Å². The zero-order chi connectivity index (χ0) is 17.1. The minimum Gasteiger partial charge on any atom is -0.381 e. The molecular formula is C19H28N4OS. The lowest BCUT2D eigenvalue weighted by atomic mass is 9.97. The quantitative estimate of drug-likeness (QED) is 0.739. The van der Waals surface area contributed by atoms with Gasteiger partial charge in [0.2, 0.25) is 0 Å². The molecule has 1 unspecified atom stereocenters. The summed E-state index contributed by atoms with van der Waals surface area (Å²) in [6.45, 7) is 5.23. The van der Waals surface area contributed by atoms with Crippen LogP contribution >= 0.6 is 11.3 Å². The van der Waals surface area contributed by atoms with Crippen LogP contribution in [-0.4, -0.2) is 60.8 Å². The van der Waals surface area contributed by atoms with Crippen molar-refractivity contribution in [2.24, 2.45) is 5.92 Å². The zero-order valence-corrected chi connectivity index (χ0v) is 15.9. The van der Waals surface area contributed by atoms with Gasteiger partial charge in [0.25, 0.3) is 0 Å². The molecule has 2 aromatic rings. The van der Waals surface area contributed by atoms with Crippen LogP contribution in [0.5, 0.6) is 0 Å². The number of likely N-dealkylation sites (tertiary alicyclic amines) is 1. The van der Waals surface area contributed by atoms with E-state index in [0.29, 0.717) is 5.92 Å². The van der Waals surface area contributed by atoms with E-state index < -0.39 is 0 Å². The molecule has 4 rings (SSSR count). The Kier molecular flexibility index (Phi) is 5.48. The van der Waals surface area contributed by atoms with Crippen LogP contribution in [0.2, 0.25) is 0 Å². The SMILES string of the molecule is CN1CCCC1CCOCC1CCN(c2ncnc3sccc23)CC1. The Morgan fingerprint density at radius 3 is 2.88 bits per heavy atom. The number of ether oxygens (including phenoxy) is 1. The molecule has 2 aromatic heterocycles. The number of thiophene rings is 1. The molecule has 0 amide bonds. The Morgan fingerprint density at radius 1 is 1.20 bits per heavy atom. The highest BCUT2D eigenvalue weighted by Crippen LogP contribution is 2.30. The maximum absolute atomic E-state index is 6.01. The molecule has 0 aliphatic carbocycles. The third kappa shape index (κ3) is 3.96. The first kappa shape index (κ1) is 17.2. The van der Waals surface area contributed by atoms with Gasteiger partial charge < -0.3 is 14.5 Å². The second kappa shape index (κ2) is 7.98. The molecule has 2 aliphatic heterocycles. The van der Waals surface area contributed by atoms with Crippen LogP contribution in [0.25, 0.3) is 10.2 Å². The van der Waals surface area contributed by atoms with E-state index in [1.165, 1.54) is 44.0 Å². The monoisotopic (exact) mass is 360 g/mol. The number of hydrogen-bond acceptors (Lipinski definition) is 6. The lowest BCUT2D eigenvalue weighted by molar-refractivity contribution is 0.0769. The van der Waals surface area contributed by atoms with Crippen molar-refractivity contribution >= 4 is 27.4 Å². The van der Waals surface area contributed by atoms with Gasteiger partial charge in [-0.05, 0) is 63.1 Å². The van der Waals surface area contributed by atoms with Crippen molar-refractivity contribution in [2.45, 2.75) is 38.1 Å². The van der Waals surface area contributed by atoms with Crippen LogP contribution in [0.3, 0.4) is 0 Å². The molecule has 0 aromatic carbocycles. The van der Waals surface area contributed by atoms with Crippen molar-refractivity contribution in [3.05, 3.63) is 17.8 Å². The standard InChI is InChI=1S/C19H28N4OS/c1-22-8-2-3-16(22)6-11-24-13-15-4-9-23(10-5-15)18-17-7-12-25-19(17)21-14-20-18/h7,12,14-16H,2-6,8-11,13H2,1H3. The number of aromatic nitrogens is 2. The van der Waals surface area contributed by atoms with Gasteiger partial charge in [0.05, 0.1) is 5.39 Å². The van der Waals surface area contributed by atoms with Crippen molar-refractivity contribution in [1.29, 1.82) is 0 Å². The maximum atomic E-state index is 6.01. The van der Waals surface area contributed by atoms with Crippen LogP contribution in [0.4, 0.5) is 5.82 Å². The van der Waals surface area contributed by atoms with E-state index in [4.69, 9.17) is 4.74 Å². The first-order valence-electron chi connectivity index (χ1n) is 9.52. The van der Waals surface area contributed by atoms with Crippen LogP contribution in [0.1, 0.15) is 32.1 Å². The number of fused-ring (bicyclic) bond motifs is 1. The predicted molar refractivity (Wildman–Crippen MR) is 103 cm³/mol. The fourth-order valence-electron chi connectivity index (χ4n) is 4.15. The number of nitrogens with zero attached hydrogens (tertiary/aromatic N) is 4. The van der Waals surface area contributed by atoms with Crippen molar-refractivity contribution in [1.82, 2.24) is 14.9 Å². The van der Waals surface area contributed by atoms with Gasteiger partial charge in [-0.3, -0.25) is 0 Å². The number of hydrogen-bond donors (Lipinski definition) is 0. The van der Waals surface area contributed by atoms with E-state index in [1.807, 2.05) is 0 Å². The Balaban J connectivity index is 1.21. The molecule has 0 radical (unpaired) electrons. The molecule has 5 nitrogen and oxygen atoms in total. The molecule has 2 aliphatic rings. The van der Waals surface area contributed by atoms with E-state index in [2.05, 4.69) is 38.3 Å². The predicted octanol–water partition coefficient (Wildman–Crippen LogP) is 3.41. The van der Waals surface area contributed by atoms with Gasteiger partial charge in [-0.25, -0.2) is 9.97 Å². The molecule has 25 heavy (non-hydrogen) atoms. The van der Waals surface area contributed by atoms with Gasteiger partial charge >= 0.3 is 0 Å². The molecule has 0 N–H and O–H groups in total. The molecule has 1 atom stereocenters. The molecule has 0 spiro atoms. The van der Waals surface area contributed by atoms with Gasteiger partial charge in [-0.2, -0.15) is 0 Å². The van der Waals surface area contributed by atoms with Crippen LogP contribution in [0, 0.1) is 5.92 Å². The van der Waals surface area contributed by atoms with Crippen molar-refractivity contribution in [3.8, 4) is 0 Å². The first-order valence-corrected chi connectivity index (χ1v) is 10.4. The highest BCUT2D eigenvalue weighted by atomic mass is 32.1. The number of piperidine rings is 1. The van der Waals surface area contributed by atoms with Gasteiger partial charge in [-0.1, -0.05) is 0 Å². The Hall–Kier alpha value is -1.24. The normalized spacial score (nSPS) is 22.9. The van der Waals surface area contributed by atoms with Crippen LogP contribution in [0.15, 0.2) is 17.8 Å². The summed E-state index contributed by atoms with van der Waals surface area (Å²) >= 11 is 1.69. The minimum atomic E-state index is 0.692. The summed E-state index contributed by atoms with van der Waals surface area (Å²) in [4.78, 5) is 14.9. The fraction of sp³-hybridized carbons (Fsp3) is 0.684. The largest absolute Gasteiger partial charge is 0.381 e. The molecular weight excluding hydrogens is 332 g/mol. The summed E-state index contributed by atoms with van der Waals surface area (Å²) in [7, 11) is 2.24. The summed E-state index contributed by atoms with van der Waals surface area (Å²) in [5.74, 6) is 1.80. The van der Waals surface area contributed by atoms with E-state index >= 15 is 0 Å². The molecule has 136 valence electrons. The smallest absolute Gasteiger partial charge is 0.140 e. The summed E-state index contributed by atoms with van der Waals surface area (Å²) < 4.78 is 6.01. The fourth-order valence-corrected chi connectivity index (χ4v) is 4.88. The summed E-state index contributed by atoms with van der Waals surface area (Å²) in [5.41, 5.74) is 0. The average molecular weight is 361 g/mol. The number of rotatable bonds is 6. The van der Waals surface area contributed by atoms with E-state index in [0.717, 1.165) is 43.0 Å². The highest BCUT2D eigenvalue weighted by Gasteiger charge is 2.23. The van der Waals surface area contributed by atoms with Gasteiger partial charge in [0.1, 0.15) is 17.0 Å². The second-order valence-electron chi connectivity index (χ2n) is 7.41. The molecule has 2 fully saturated rings. The topological polar surface area (TPSA) is 41.5 Å².